The zero-order valence-corrected chi connectivity index (χ0v) is 5.41. The lowest BCUT2D eigenvalue weighted by molar-refractivity contribution is -0.0143. The van der Waals surface area contributed by atoms with E-state index in [4.69, 9.17) is 14.6 Å². The van der Waals surface area contributed by atoms with E-state index >= 15 is 0 Å². The van der Waals surface area contributed by atoms with Crippen molar-refractivity contribution in [3.63, 3.8) is 0 Å². The Labute approximate surface area is 58.6 Å². The van der Waals surface area contributed by atoms with E-state index in [2.05, 4.69) is 0 Å². The van der Waals surface area contributed by atoms with Crippen LogP contribution in [0.1, 0.15) is 6.42 Å². The molecule has 0 fully saturated rings. The fraction of sp³-hybridized carbons (Fsp3) is 0.429. The van der Waals surface area contributed by atoms with Gasteiger partial charge in [0.15, 0.2) is 11.5 Å². The van der Waals surface area contributed by atoms with Gasteiger partial charge in [-0.05, 0) is 6.08 Å². The van der Waals surface area contributed by atoms with Crippen LogP contribution >= 0.6 is 0 Å². The molecule has 0 radical (unpaired) electrons. The van der Waals surface area contributed by atoms with Crippen LogP contribution in [-0.4, -0.2) is 18.0 Å². The molecule has 2 heterocycles. The van der Waals surface area contributed by atoms with Crippen LogP contribution in [0.25, 0.3) is 0 Å². The highest BCUT2D eigenvalue weighted by Gasteiger charge is 2.23. The topological polar surface area (TPSA) is 38.7 Å². The van der Waals surface area contributed by atoms with Crippen LogP contribution < -0.4 is 0 Å². The first-order chi connectivity index (χ1) is 4.86. The molecule has 2 aliphatic heterocycles. The molecule has 1 N–H and O–H groups in total. The van der Waals surface area contributed by atoms with Crippen molar-refractivity contribution in [2.24, 2.45) is 0 Å². The summed E-state index contributed by atoms with van der Waals surface area (Å²) in [6, 6.07) is 0. The predicted octanol–water partition coefficient (Wildman–Crippen LogP) is 0.523. The number of hydrogen-bond acceptors (Lipinski definition) is 3. The molecule has 0 spiro atoms. The second-order valence-electron chi connectivity index (χ2n) is 2.24. The normalized spacial score (nSPS) is 29.5. The van der Waals surface area contributed by atoms with Crippen LogP contribution in [0.2, 0.25) is 0 Å². The molecule has 3 nitrogen and oxygen atoms in total. The molecule has 0 aromatic heterocycles. The fourth-order valence-corrected chi connectivity index (χ4v) is 1.06. The second-order valence-corrected chi connectivity index (χ2v) is 2.24. The highest BCUT2D eigenvalue weighted by Crippen LogP contribution is 2.26. The van der Waals surface area contributed by atoms with Gasteiger partial charge in [0.2, 0.25) is 6.29 Å². The van der Waals surface area contributed by atoms with Gasteiger partial charge in [0.05, 0.1) is 6.61 Å². The molecular weight excluding hydrogens is 132 g/mol. The molecule has 2 rings (SSSR count). The third-order valence-corrected chi connectivity index (χ3v) is 1.49. The third kappa shape index (κ3) is 0.789. The highest BCUT2D eigenvalue weighted by molar-refractivity contribution is 5.27. The Morgan fingerprint density at radius 1 is 1.50 bits per heavy atom. The summed E-state index contributed by atoms with van der Waals surface area (Å²) in [7, 11) is 0. The Kier molecular flexibility index (Phi) is 1.17. The van der Waals surface area contributed by atoms with E-state index < -0.39 is 6.29 Å². The SMILES string of the molecule is OC1C=C2OCCC=C2O1. The molecule has 0 bridgehead atoms. The van der Waals surface area contributed by atoms with E-state index in [0.29, 0.717) is 18.1 Å². The molecule has 0 saturated carbocycles. The molecule has 10 heavy (non-hydrogen) atoms. The summed E-state index contributed by atoms with van der Waals surface area (Å²) in [5, 5.41) is 8.94. The number of aliphatic hydroxyl groups is 1. The molecule has 2 aliphatic rings. The van der Waals surface area contributed by atoms with Crippen LogP contribution in [0.5, 0.6) is 0 Å². The van der Waals surface area contributed by atoms with Crippen LogP contribution in [0.15, 0.2) is 23.7 Å². The Morgan fingerprint density at radius 2 is 2.40 bits per heavy atom. The van der Waals surface area contributed by atoms with Gasteiger partial charge >= 0.3 is 0 Å². The lowest BCUT2D eigenvalue weighted by Crippen LogP contribution is -2.03. The molecule has 0 aromatic carbocycles. The first-order valence-electron chi connectivity index (χ1n) is 3.26. The number of ether oxygens (including phenoxy) is 2. The Morgan fingerprint density at radius 3 is 3.20 bits per heavy atom. The van der Waals surface area contributed by atoms with Gasteiger partial charge < -0.3 is 14.6 Å². The fourth-order valence-electron chi connectivity index (χ4n) is 1.06. The third-order valence-electron chi connectivity index (χ3n) is 1.49. The Hall–Kier alpha value is -0.960. The summed E-state index contributed by atoms with van der Waals surface area (Å²) < 4.78 is 10.1. The van der Waals surface area contributed by atoms with Crippen molar-refractivity contribution in [2.45, 2.75) is 12.7 Å². The Balaban J connectivity index is 2.27. The van der Waals surface area contributed by atoms with Crippen molar-refractivity contribution < 1.29 is 14.6 Å². The first kappa shape index (κ1) is 5.80. The van der Waals surface area contributed by atoms with Crippen molar-refractivity contribution in [3.8, 4) is 0 Å². The quantitative estimate of drug-likeness (QED) is 0.533. The van der Waals surface area contributed by atoms with E-state index in [-0.39, 0.29) is 0 Å². The summed E-state index contributed by atoms with van der Waals surface area (Å²) in [4.78, 5) is 0. The van der Waals surface area contributed by atoms with Crippen LogP contribution in [0.4, 0.5) is 0 Å². The van der Waals surface area contributed by atoms with Crippen molar-refractivity contribution in [2.75, 3.05) is 6.61 Å². The lowest BCUT2D eigenvalue weighted by atomic mass is 10.3. The molecular formula is C7H8O3. The molecule has 1 atom stereocenters. The van der Waals surface area contributed by atoms with E-state index in [1.807, 2.05) is 6.08 Å². The van der Waals surface area contributed by atoms with Gasteiger partial charge in [-0.15, -0.1) is 0 Å². The molecule has 3 heteroatoms. The summed E-state index contributed by atoms with van der Waals surface area (Å²) in [6.45, 7) is 0.686. The minimum absolute atomic E-state index is 0.679. The number of aliphatic hydroxyl groups excluding tert-OH is 1. The standard InChI is InChI=1S/C7H8O3/c8-7-4-6-5(10-7)2-1-3-9-6/h2,4,7-8H,1,3H2. The van der Waals surface area contributed by atoms with Gasteiger partial charge in [0, 0.05) is 12.5 Å². The average molecular weight is 140 g/mol. The summed E-state index contributed by atoms with van der Waals surface area (Å²) in [5.74, 6) is 1.36. The van der Waals surface area contributed by atoms with Crippen molar-refractivity contribution in [3.05, 3.63) is 23.7 Å². The van der Waals surface area contributed by atoms with Gasteiger partial charge in [-0.2, -0.15) is 0 Å². The summed E-state index contributed by atoms with van der Waals surface area (Å²) in [5.41, 5.74) is 0. The molecule has 0 aromatic rings. The molecule has 54 valence electrons. The van der Waals surface area contributed by atoms with Gasteiger partial charge in [-0.25, -0.2) is 0 Å². The van der Waals surface area contributed by atoms with Gasteiger partial charge in [-0.1, -0.05) is 0 Å². The summed E-state index contributed by atoms with van der Waals surface area (Å²) >= 11 is 0. The molecule has 0 aliphatic carbocycles. The zero-order chi connectivity index (χ0) is 6.97. The van der Waals surface area contributed by atoms with E-state index in [1.54, 1.807) is 6.08 Å². The summed E-state index contributed by atoms with van der Waals surface area (Å²) in [6.07, 6.45) is 3.54. The first-order valence-corrected chi connectivity index (χ1v) is 3.26. The predicted molar refractivity (Wildman–Crippen MR) is 33.8 cm³/mol. The monoisotopic (exact) mass is 140 g/mol. The van der Waals surface area contributed by atoms with Gasteiger partial charge in [0.25, 0.3) is 0 Å². The molecule has 1 unspecified atom stereocenters. The smallest absolute Gasteiger partial charge is 0.221 e. The van der Waals surface area contributed by atoms with Crippen LogP contribution in [0.3, 0.4) is 0 Å². The van der Waals surface area contributed by atoms with Crippen LogP contribution in [-0.2, 0) is 9.47 Å². The zero-order valence-electron chi connectivity index (χ0n) is 5.41. The maximum absolute atomic E-state index is 8.94. The molecule has 0 saturated heterocycles. The van der Waals surface area contributed by atoms with Gasteiger partial charge in [0.1, 0.15) is 0 Å². The van der Waals surface area contributed by atoms with E-state index in [1.165, 1.54) is 0 Å². The number of fused-ring (bicyclic) bond motifs is 1. The average Bonchev–Trinajstić information content (AvgIpc) is 2.27. The minimum atomic E-state index is -0.806. The number of rotatable bonds is 0. The largest absolute Gasteiger partial charge is 0.489 e. The molecule has 0 amide bonds. The van der Waals surface area contributed by atoms with Crippen molar-refractivity contribution in [1.82, 2.24) is 0 Å². The maximum Gasteiger partial charge on any atom is 0.221 e. The van der Waals surface area contributed by atoms with Crippen molar-refractivity contribution in [1.29, 1.82) is 0 Å². The highest BCUT2D eigenvalue weighted by atomic mass is 16.6. The minimum Gasteiger partial charge on any atom is -0.489 e. The lowest BCUT2D eigenvalue weighted by Gasteiger charge is -2.12. The number of hydrogen-bond donors (Lipinski definition) is 1. The van der Waals surface area contributed by atoms with E-state index in [9.17, 15) is 0 Å². The van der Waals surface area contributed by atoms with E-state index in [0.717, 1.165) is 6.42 Å². The Bertz CT molecular complexity index is 205. The van der Waals surface area contributed by atoms with Gasteiger partial charge in [-0.3, -0.25) is 0 Å². The maximum atomic E-state index is 8.94. The van der Waals surface area contributed by atoms with Crippen LogP contribution in [0, 0.1) is 0 Å². The van der Waals surface area contributed by atoms with Crippen molar-refractivity contribution >= 4 is 0 Å². The second kappa shape index (κ2) is 2.02.